The Bertz CT molecular complexity index is 844. The van der Waals surface area contributed by atoms with Gasteiger partial charge in [-0.3, -0.25) is 19.8 Å². The van der Waals surface area contributed by atoms with Crippen LogP contribution in [-0.2, 0) is 9.59 Å². The molecule has 3 aliphatic rings. The maximum atomic E-state index is 13.1. The minimum atomic E-state index is -1.09. The Hall–Kier alpha value is -3.03. The van der Waals surface area contributed by atoms with Gasteiger partial charge in [0.25, 0.3) is 0 Å². The Morgan fingerprint density at radius 1 is 1.14 bits per heavy atom. The first-order valence-electron chi connectivity index (χ1n) is 9.59. The number of nitrogens with zero attached hydrogens (tertiary/aromatic N) is 1. The maximum absolute atomic E-state index is 13.1. The van der Waals surface area contributed by atoms with Crippen molar-refractivity contribution in [3.63, 3.8) is 0 Å². The number of ether oxygens (including phenoxy) is 2. The number of allylic oxidation sites excluding steroid dienone is 1. The van der Waals surface area contributed by atoms with Crippen molar-refractivity contribution in [3.05, 3.63) is 30.0 Å². The van der Waals surface area contributed by atoms with Crippen molar-refractivity contribution in [2.24, 2.45) is 5.92 Å². The number of anilines is 1. The third-order valence-electron chi connectivity index (χ3n) is 5.42. The van der Waals surface area contributed by atoms with E-state index in [1.807, 2.05) is 0 Å². The monoisotopic (exact) mass is 385 g/mol. The first-order valence-corrected chi connectivity index (χ1v) is 9.59. The van der Waals surface area contributed by atoms with Crippen molar-refractivity contribution >= 4 is 23.5 Å². The molecule has 1 saturated carbocycles. The van der Waals surface area contributed by atoms with Gasteiger partial charge < -0.3 is 14.8 Å². The number of carbonyl (C=O) groups is 3. The predicted octanol–water partition coefficient (Wildman–Crippen LogP) is 2.76. The van der Waals surface area contributed by atoms with E-state index in [4.69, 9.17) is 9.47 Å². The van der Waals surface area contributed by atoms with E-state index in [0.717, 1.165) is 32.1 Å². The number of amides is 4. The van der Waals surface area contributed by atoms with Gasteiger partial charge in [-0.2, -0.15) is 0 Å². The Morgan fingerprint density at radius 3 is 2.64 bits per heavy atom. The Labute approximate surface area is 162 Å². The fraction of sp³-hybridized carbons (Fsp3) is 0.450. The summed E-state index contributed by atoms with van der Waals surface area (Å²) in [5.41, 5.74) is 1.09. The smallest absolute Gasteiger partial charge is 0.331 e. The molecule has 28 heavy (non-hydrogen) atoms. The van der Waals surface area contributed by atoms with Crippen LogP contribution in [0.4, 0.5) is 10.5 Å². The summed E-state index contributed by atoms with van der Waals surface area (Å²) in [5.74, 6) is -0.924. The van der Waals surface area contributed by atoms with Crippen LogP contribution < -0.4 is 20.1 Å². The highest BCUT2D eigenvalue weighted by molar-refractivity contribution is 6.18. The van der Waals surface area contributed by atoms with Crippen LogP contribution in [0.2, 0.25) is 0 Å². The molecule has 1 aromatic carbocycles. The molecule has 8 nitrogen and oxygen atoms in total. The second-order valence-corrected chi connectivity index (χ2v) is 7.16. The second kappa shape index (κ2) is 7.53. The molecule has 2 fully saturated rings. The van der Waals surface area contributed by atoms with E-state index >= 15 is 0 Å². The number of carbonyl (C=O) groups excluding carboxylic acids is 3. The molecule has 0 radical (unpaired) electrons. The average molecular weight is 385 g/mol. The van der Waals surface area contributed by atoms with Crippen molar-refractivity contribution in [3.8, 4) is 11.5 Å². The van der Waals surface area contributed by atoms with E-state index in [9.17, 15) is 14.4 Å². The second-order valence-electron chi connectivity index (χ2n) is 7.16. The summed E-state index contributed by atoms with van der Waals surface area (Å²) < 4.78 is 10.7. The summed E-state index contributed by atoms with van der Waals surface area (Å²) in [6, 6.07) is 4.53. The van der Waals surface area contributed by atoms with E-state index < -0.39 is 23.8 Å². The molecule has 2 N–H and O–H groups in total. The molecule has 8 heteroatoms. The molecule has 0 bridgehead atoms. The molecule has 1 aromatic rings. The molecule has 4 amide bonds. The lowest BCUT2D eigenvalue weighted by Gasteiger charge is -2.38. The normalized spacial score (nSPS) is 23.0. The molecular formula is C20H23N3O5. The molecule has 4 rings (SSSR count). The SMILES string of the molecule is C/C=C(/Nc1ccc2c(c1)OCO2)[C@H]1C(=O)NC(=O)N(C2CCCCC2)C1=O. The van der Waals surface area contributed by atoms with Crippen LogP contribution in [0.1, 0.15) is 39.0 Å². The Kier molecular flexibility index (Phi) is 4.93. The van der Waals surface area contributed by atoms with E-state index in [0.29, 0.717) is 22.9 Å². The van der Waals surface area contributed by atoms with Gasteiger partial charge in [-0.1, -0.05) is 25.3 Å². The van der Waals surface area contributed by atoms with E-state index in [1.54, 1.807) is 31.2 Å². The van der Waals surface area contributed by atoms with Gasteiger partial charge in [0, 0.05) is 23.5 Å². The van der Waals surface area contributed by atoms with E-state index in [-0.39, 0.29) is 12.8 Å². The highest BCUT2D eigenvalue weighted by Gasteiger charge is 2.45. The topological polar surface area (TPSA) is 97.0 Å². The van der Waals surface area contributed by atoms with Gasteiger partial charge in [0.2, 0.25) is 18.6 Å². The molecule has 1 aliphatic carbocycles. The van der Waals surface area contributed by atoms with Gasteiger partial charge in [-0.15, -0.1) is 0 Å². The van der Waals surface area contributed by atoms with Crippen molar-refractivity contribution in [1.29, 1.82) is 0 Å². The van der Waals surface area contributed by atoms with Gasteiger partial charge in [-0.05, 0) is 31.9 Å². The zero-order valence-electron chi connectivity index (χ0n) is 15.7. The van der Waals surface area contributed by atoms with Gasteiger partial charge in [-0.25, -0.2) is 4.79 Å². The number of barbiturate groups is 1. The van der Waals surface area contributed by atoms with E-state index in [1.165, 1.54) is 4.90 Å². The zero-order valence-corrected chi connectivity index (χ0v) is 15.7. The number of hydrogen-bond acceptors (Lipinski definition) is 6. The van der Waals surface area contributed by atoms with Crippen molar-refractivity contribution in [2.45, 2.75) is 45.1 Å². The summed E-state index contributed by atoms with van der Waals surface area (Å²) in [6.07, 6.45) is 6.30. The third-order valence-corrected chi connectivity index (χ3v) is 5.42. The number of imide groups is 2. The summed E-state index contributed by atoms with van der Waals surface area (Å²) in [4.78, 5) is 39.3. The van der Waals surface area contributed by atoms with Crippen LogP contribution >= 0.6 is 0 Å². The molecule has 1 atom stereocenters. The lowest BCUT2D eigenvalue weighted by Crippen LogP contribution is -2.61. The number of rotatable bonds is 4. The lowest BCUT2D eigenvalue weighted by molar-refractivity contribution is -0.142. The zero-order chi connectivity index (χ0) is 19.7. The molecule has 1 saturated heterocycles. The van der Waals surface area contributed by atoms with Crippen molar-refractivity contribution in [2.75, 3.05) is 12.1 Å². The average Bonchev–Trinajstić information content (AvgIpc) is 3.15. The van der Waals surface area contributed by atoms with Gasteiger partial charge in [0.15, 0.2) is 17.4 Å². The summed E-state index contributed by atoms with van der Waals surface area (Å²) >= 11 is 0. The maximum Gasteiger partial charge on any atom is 0.331 e. The van der Waals surface area contributed by atoms with Crippen LogP contribution in [0.3, 0.4) is 0 Å². The number of fused-ring (bicyclic) bond motifs is 1. The minimum absolute atomic E-state index is 0.152. The Morgan fingerprint density at radius 2 is 1.89 bits per heavy atom. The van der Waals surface area contributed by atoms with Crippen molar-refractivity contribution < 1.29 is 23.9 Å². The standard InChI is InChI=1S/C20H23N3O5/c1-2-14(21-12-8-9-15-16(10-12)28-11-27-15)17-18(24)22-20(26)23(19(17)25)13-6-4-3-5-7-13/h2,8-10,13,17,21H,3-7,11H2,1H3,(H,22,24,26)/b14-2+/t17-/m0/s1. The predicted molar refractivity (Wildman–Crippen MR) is 101 cm³/mol. The first-order chi connectivity index (χ1) is 13.6. The van der Waals surface area contributed by atoms with Crippen LogP contribution in [0, 0.1) is 5.92 Å². The van der Waals surface area contributed by atoms with Gasteiger partial charge in [0.05, 0.1) is 0 Å². The first kappa shape index (κ1) is 18.3. The van der Waals surface area contributed by atoms with Crippen LogP contribution in [-0.4, -0.2) is 35.6 Å². The molecule has 2 heterocycles. The molecule has 0 unspecified atom stereocenters. The van der Waals surface area contributed by atoms with Crippen LogP contribution in [0.25, 0.3) is 0 Å². The quantitative estimate of drug-likeness (QED) is 0.774. The molecule has 148 valence electrons. The highest BCUT2D eigenvalue weighted by Crippen LogP contribution is 2.35. The van der Waals surface area contributed by atoms with Gasteiger partial charge >= 0.3 is 6.03 Å². The number of nitrogens with one attached hydrogen (secondary N) is 2. The van der Waals surface area contributed by atoms with E-state index in [2.05, 4.69) is 10.6 Å². The summed E-state index contributed by atoms with van der Waals surface area (Å²) in [5, 5.41) is 5.48. The third kappa shape index (κ3) is 3.30. The van der Waals surface area contributed by atoms with Crippen LogP contribution in [0.15, 0.2) is 30.0 Å². The molecule has 0 aromatic heterocycles. The molecule has 0 spiro atoms. The number of urea groups is 1. The summed E-state index contributed by atoms with van der Waals surface area (Å²) in [7, 11) is 0. The minimum Gasteiger partial charge on any atom is -0.454 e. The Balaban J connectivity index is 1.56. The molecule has 2 aliphatic heterocycles. The number of benzene rings is 1. The largest absolute Gasteiger partial charge is 0.454 e. The fourth-order valence-corrected chi connectivity index (χ4v) is 4.00. The van der Waals surface area contributed by atoms with Gasteiger partial charge in [0.1, 0.15) is 0 Å². The number of hydrogen-bond donors (Lipinski definition) is 2. The highest BCUT2D eigenvalue weighted by atomic mass is 16.7. The fourth-order valence-electron chi connectivity index (χ4n) is 4.00. The van der Waals surface area contributed by atoms with Crippen LogP contribution in [0.5, 0.6) is 11.5 Å². The molecular weight excluding hydrogens is 362 g/mol. The lowest BCUT2D eigenvalue weighted by atomic mass is 9.91. The summed E-state index contributed by atoms with van der Waals surface area (Å²) in [6.45, 7) is 1.91. The van der Waals surface area contributed by atoms with Crippen molar-refractivity contribution in [1.82, 2.24) is 10.2 Å².